The maximum Gasteiger partial charge on any atom is 0.189 e. The van der Waals surface area contributed by atoms with Crippen molar-refractivity contribution >= 4 is 5.96 Å². The van der Waals surface area contributed by atoms with E-state index in [0.29, 0.717) is 18.5 Å². The molecule has 1 saturated carbocycles. The molecule has 2 aromatic rings. The van der Waals surface area contributed by atoms with Gasteiger partial charge in [-0.15, -0.1) is 0 Å². The van der Waals surface area contributed by atoms with E-state index in [4.69, 9.17) is 5.73 Å². The van der Waals surface area contributed by atoms with E-state index in [1.54, 1.807) is 10.9 Å². The lowest BCUT2D eigenvalue weighted by atomic mass is 9.96. The van der Waals surface area contributed by atoms with E-state index in [1.807, 2.05) is 30.6 Å². The Morgan fingerprint density at radius 3 is 2.86 bits per heavy atom. The summed E-state index contributed by atoms with van der Waals surface area (Å²) in [5, 5.41) is 7.47. The van der Waals surface area contributed by atoms with Crippen LogP contribution in [0, 0.1) is 0 Å². The summed E-state index contributed by atoms with van der Waals surface area (Å²) in [4.78, 5) is 8.79. The van der Waals surface area contributed by atoms with Gasteiger partial charge in [-0.1, -0.05) is 25.3 Å². The van der Waals surface area contributed by atoms with Gasteiger partial charge in [0.05, 0.1) is 6.54 Å². The summed E-state index contributed by atoms with van der Waals surface area (Å²) in [7, 11) is 0. The van der Waals surface area contributed by atoms with Crippen molar-refractivity contribution in [3.63, 3.8) is 0 Å². The molecule has 0 aliphatic heterocycles. The van der Waals surface area contributed by atoms with E-state index in [2.05, 4.69) is 20.4 Å². The fourth-order valence-electron chi connectivity index (χ4n) is 2.73. The molecular formula is C16H22N6. The van der Waals surface area contributed by atoms with Gasteiger partial charge in [0.25, 0.3) is 0 Å². The molecule has 0 unspecified atom stereocenters. The zero-order chi connectivity index (χ0) is 15.2. The second kappa shape index (κ2) is 7.06. The molecule has 1 aliphatic rings. The Labute approximate surface area is 130 Å². The number of nitrogens with one attached hydrogen (secondary N) is 1. The molecule has 2 aromatic heterocycles. The van der Waals surface area contributed by atoms with E-state index in [9.17, 15) is 0 Å². The first kappa shape index (κ1) is 14.6. The van der Waals surface area contributed by atoms with E-state index in [-0.39, 0.29) is 0 Å². The van der Waals surface area contributed by atoms with Gasteiger partial charge in [-0.25, -0.2) is 14.7 Å². The molecule has 116 valence electrons. The molecule has 1 aliphatic carbocycles. The molecule has 0 amide bonds. The van der Waals surface area contributed by atoms with Crippen LogP contribution in [0.1, 0.15) is 37.7 Å². The highest BCUT2D eigenvalue weighted by atomic mass is 15.3. The number of nitrogens with zero attached hydrogens (tertiary/aromatic N) is 4. The first-order chi connectivity index (χ1) is 10.8. The Morgan fingerprint density at radius 2 is 2.18 bits per heavy atom. The average Bonchev–Trinajstić information content (AvgIpc) is 3.09. The normalized spacial score (nSPS) is 16.6. The van der Waals surface area contributed by atoms with Crippen LogP contribution < -0.4 is 11.1 Å². The lowest BCUT2D eigenvalue weighted by Crippen LogP contribution is -2.41. The minimum absolute atomic E-state index is 0.484. The van der Waals surface area contributed by atoms with Crippen LogP contribution in [0.3, 0.4) is 0 Å². The van der Waals surface area contributed by atoms with Crippen molar-refractivity contribution in [2.45, 2.75) is 44.7 Å². The summed E-state index contributed by atoms with van der Waals surface area (Å²) in [5.74, 6) is 1.33. The third kappa shape index (κ3) is 3.84. The number of aliphatic imine (C=N–C) groups is 1. The van der Waals surface area contributed by atoms with Crippen molar-refractivity contribution in [3.05, 3.63) is 42.4 Å². The van der Waals surface area contributed by atoms with Gasteiger partial charge < -0.3 is 11.1 Å². The number of rotatable bonds is 4. The minimum atomic E-state index is 0.484. The Morgan fingerprint density at radius 1 is 1.32 bits per heavy atom. The molecule has 22 heavy (non-hydrogen) atoms. The summed E-state index contributed by atoms with van der Waals surface area (Å²) in [6.45, 7) is 0.540. The van der Waals surface area contributed by atoms with Crippen molar-refractivity contribution in [1.29, 1.82) is 0 Å². The number of hydrogen-bond donors (Lipinski definition) is 2. The van der Waals surface area contributed by atoms with E-state index in [1.165, 1.54) is 32.1 Å². The van der Waals surface area contributed by atoms with Crippen molar-refractivity contribution in [2.24, 2.45) is 10.7 Å². The molecular weight excluding hydrogens is 276 g/mol. The van der Waals surface area contributed by atoms with Crippen LogP contribution in [0.5, 0.6) is 0 Å². The molecule has 6 nitrogen and oxygen atoms in total. The molecule has 3 N–H and O–H groups in total. The van der Waals surface area contributed by atoms with E-state index >= 15 is 0 Å². The van der Waals surface area contributed by atoms with E-state index < -0.39 is 0 Å². The Hall–Kier alpha value is -2.37. The molecule has 3 rings (SSSR count). The topological polar surface area (TPSA) is 81.1 Å². The standard InChI is InChI=1S/C16H22N6/c17-16(21-14-5-2-1-3-6-14)19-12-13-7-8-15(18-11-13)22-10-4-9-20-22/h4,7-11,14H,1-3,5-6,12H2,(H3,17,19,21). The average molecular weight is 298 g/mol. The van der Waals surface area contributed by atoms with Gasteiger partial charge in [0.15, 0.2) is 11.8 Å². The van der Waals surface area contributed by atoms with Crippen molar-refractivity contribution in [2.75, 3.05) is 0 Å². The SMILES string of the molecule is NC(=NCc1ccc(-n2cccn2)nc1)NC1CCCCC1. The molecule has 0 atom stereocenters. The predicted molar refractivity (Wildman–Crippen MR) is 86.7 cm³/mol. The fraction of sp³-hybridized carbons (Fsp3) is 0.438. The Bertz CT molecular complexity index is 596. The van der Waals surface area contributed by atoms with Crippen LogP contribution in [0.25, 0.3) is 5.82 Å². The molecule has 0 bridgehead atoms. The van der Waals surface area contributed by atoms with Crippen LogP contribution >= 0.6 is 0 Å². The van der Waals surface area contributed by atoms with E-state index in [0.717, 1.165) is 11.4 Å². The van der Waals surface area contributed by atoms with Crippen LogP contribution in [-0.4, -0.2) is 26.8 Å². The van der Waals surface area contributed by atoms with Crippen LogP contribution in [-0.2, 0) is 6.54 Å². The maximum absolute atomic E-state index is 5.96. The summed E-state index contributed by atoms with van der Waals surface area (Å²) in [5.41, 5.74) is 7.00. The molecule has 0 spiro atoms. The van der Waals surface area contributed by atoms with Gasteiger partial charge >= 0.3 is 0 Å². The highest BCUT2D eigenvalue weighted by molar-refractivity contribution is 5.78. The van der Waals surface area contributed by atoms with Crippen molar-refractivity contribution < 1.29 is 0 Å². The number of nitrogens with two attached hydrogens (primary N) is 1. The number of aromatic nitrogens is 3. The summed E-state index contributed by atoms with van der Waals surface area (Å²) in [6, 6.07) is 6.29. The first-order valence-electron chi connectivity index (χ1n) is 7.83. The molecule has 6 heteroatoms. The van der Waals surface area contributed by atoms with Crippen molar-refractivity contribution in [1.82, 2.24) is 20.1 Å². The third-order valence-electron chi connectivity index (χ3n) is 3.94. The summed E-state index contributed by atoms with van der Waals surface area (Å²) < 4.78 is 1.73. The summed E-state index contributed by atoms with van der Waals surface area (Å²) >= 11 is 0. The zero-order valence-corrected chi connectivity index (χ0v) is 12.7. The van der Waals surface area contributed by atoms with Gasteiger partial charge in [0, 0.05) is 24.6 Å². The quantitative estimate of drug-likeness (QED) is 0.668. The number of pyridine rings is 1. The van der Waals surface area contributed by atoms with Crippen LogP contribution in [0.2, 0.25) is 0 Å². The Kier molecular flexibility index (Phi) is 4.68. The lowest BCUT2D eigenvalue weighted by molar-refractivity contribution is 0.412. The van der Waals surface area contributed by atoms with Gasteiger partial charge in [-0.05, 0) is 30.5 Å². The molecule has 0 saturated heterocycles. The third-order valence-corrected chi connectivity index (χ3v) is 3.94. The van der Waals surface area contributed by atoms with Crippen molar-refractivity contribution in [3.8, 4) is 5.82 Å². The maximum atomic E-state index is 5.96. The number of hydrogen-bond acceptors (Lipinski definition) is 3. The highest BCUT2D eigenvalue weighted by Gasteiger charge is 2.13. The van der Waals surface area contributed by atoms with Crippen LogP contribution in [0.4, 0.5) is 0 Å². The first-order valence-corrected chi connectivity index (χ1v) is 7.83. The smallest absolute Gasteiger partial charge is 0.189 e. The fourth-order valence-corrected chi connectivity index (χ4v) is 2.73. The summed E-state index contributed by atoms with van der Waals surface area (Å²) in [6.07, 6.45) is 11.7. The van der Waals surface area contributed by atoms with Gasteiger partial charge in [0.2, 0.25) is 0 Å². The van der Waals surface area contributed by atoms with Gasteiger partial charge in [-0.2, -0.15) is 5.10 Å². The van der Waals surface area contributed by atoms with Gasteiger partial charge in [0.1, 0.15) is 0 Å². The zero-order valence-electron chi connectivity index (χ0n) is 12.7. The lowest BCUT2D eigenvalue weighted by Gasteiger charge is -2.23. The molecule has 0 radical (unpaired) electrons. The minimum Gasteiger partial charge on any atom is -0.370 e. The van der Waals surface area contributed by atoms with Crippen LogP contribution in [0.15, 0.2) is 41.8 Å². The monoisotopic (exact) mass is 298 g/mol. The second-order valence-electron chi connectivity index (χ2n) is 5.66. The predicted octanol–water partition coefficient (Wildman–Crippen LogP) is 2.00. The number of guanidine groups is 1. The van der Waals surface area contributed by atoms with Gasteiger partial charge in [-0.3, -0.25) is 0 Å². The second-order valence-corrected chi connectivity index (χ2v) is 5.66. The highest BCUT2D eigenvalue weighted by Crippen LogP contribution is 2.17. The molecule has 1 fully saturated rings. The Balaban J connectivity index is 1.55. The largest absolute Gasteiger partial charge is 0.370 e. The molecule has 0 aromatic carbocycles. The molecule has 2 heterocycles.